The molecule has 1 N–H and O–H groups in total. The summed E-state index contributed by atoms with van der Waals surface area (Å²) >= 11 is 0. The lowest BCUT2D eigenvalue weighted by atomic mass is 10.3. The normalized spacial score (nSPS) is 11.0. The summed E-state index contributed by atoms with van der Waals surface area (Å²) in [6, 6.07) is 7.09. The van der Waals surface area contributed by atoms with E-state index in [9.17, 15) is 9.59 Å². The van der Waals surface area contributed by atoms with Crippen molar-refractivity contribution in [2.45, 2.75) is 19.9 Å². The third-order valence-electron chi connectivity index (χ3n) is 3.47. The molecule has 0 aliphatic heterocycles. The minimum atomic E-state index is -0.403. The standard InChI is InChI=1S/C15H16N4O3/c1-3-7-18-14(20)12-13(17-9-16-12)19(15(18)21)10-5-4-6-11(8-10)22-2/h4-6,8-9H,3,7H2,1-2H3,(H,16,17). The minimum Gasteiger partial charge on any atom is -0.497 e. The van der Waals surface area contributed by atoms with Crippen LogP contribution in [-0.4, -0.2) is 26.2 Å². The number of fused-ring (bicyclic) bond motifs is 1. The summed E-state index contributed by atoms with van der Waals surface area (Å²) in [5.74, 6) is 0.626. The second-order valence-corrected chi connectivity index (χ2v) is 4.88. The molecule has 0 amide bonds. The molecule has 0 saturated carbocycles. The van der Waals surface area contributed by atoms with Crippen LogP contribution < -0.4 is 16.0 Å². The molecule has 7 nitrogen and oxygen atoms in total. The van der Waals surface area contributed by atoms with Crippen LogP contribution in [0.25, 0.3) is 16.9 Å². The second-order valence-electron chi connectivity index (χ2n) is 4.88. The van der Waals surface area contributed by atoms with Gasteiger partial charge >= 0.3 is 5.69 Å². The Bertz CT molecular complexity index is 936. The van der Waals surface area contributed by atoms with Crippen molar-refractivity contribution >= 4 is 11.2 Å². The minimum absolute atomic E-state index is 0.315. The number of aromatic nitrogens is 4. The summed E-state index contributed by atoms with van der Waals surface area (Å²) in [6.07, 6.45) is 2.10. The molecule has 1 aromatic carbocycles. The predicted octanol–water partition coefficient (Wildman–Crippen LogP) is 1.29. The molecule has 0 aliphatic rings. The number of benzene rings is 1. The summed E-state index contributed by atoms with van der Waals surface area (Å²) in [5.41, 5.74) is 0.482. The zero-order valence-electron chi connectivity index (χ0n) is 12.4. The molecule has 0 radical (unpaired) electrons. The molecule has 0 fully saturated rings. The molecule has 3 aromatic rings. The summed E-state index contributed by atoms with van der Waals surface area (Å²) in [6.45, 7) is 2.27. The van der Waals surface area contributed by atoms with E-state index in [1.54, 1.807) is 31.4 Å². The van der Waals surface area contributed by atoms with E-state index in [0.717, 1.165) is 0 Å². The smallest absolute Gasteiger partial charge is 0.337 e. The van der Waals surface area contributed by atoms with Crippen molar-refractivity contribution in [3.63, 3.8) is 0 Å². The van der Waals surface area contributed by atoms with Gasteiger partial charge in [0.1, 0.15) is 11.3 Å². The van der Waals surface area contributed by atoms with Crippen LogP contribution in [0.5, 0.6) is 5.75 Å². The Balaban J connectivity index is 2.39. The Hall–Kier alpha value is -2.83. The fourth-order valence-electron chi connectivity index (χ4n) is 2.45. The van der Waals surface area contributed by atoms with E-state index in [-0.39, 0.29) is 5.56 Å². The molecule has 7 heteroatoms. The van der Waals surface area contributed by atoms with Crippen LogP contribution in [-0.2, 0) is 6.54 Å². The van der Waals surface area contributed by atoms with Gasteiger partial charge in [0.15, 0.2) is 5.65 Å². The molecule has 0 saturated heterocycles. The highest BCUT2D eigenvalue weighted by Gasteiger charge is 2.16. The number of methoxy groups -OCH3 is 1. The van der Waals surface area contributed by atoms with Crippen LogP contribution >= 0.6 is 0 Å². The van der Waals surface area contributed by atoms with E-state index in [0.29, 0.717) is 35.6 Å². The van der Waals surface area contributed by atoms with Gasteiger partial charge in [0.25, 0.3) is 5.56 Å². The van der Waals surface area contributed by atoms with E-state index in [1.807, 2.05) is 6.92 Å². The first kappa shape index (κ1) is 14.1. The van der Waals surface area contributed by atoms with E-state index < -0.39 is 5.69 Å². The summed E-state index contributed by atoms with van der Waals surface area (Å²) in [7, 11) is 1.56. The van der Waals surface area contributed by atoms with E-state index >= 15 is 0 Å². The maximum absolute atomic E-state index is 12.7. The fourth-order valence-corrected chi connectivity index (χ4v) is 2.45. The summed E-state index contributed by atoms with van der Waals surface area (Å²) in [5, 5.41) is 0. The average molecular weight is 300 g/mol. The van der Waals surface area contributed by atoms with Crippen LogP contribution in [0.3, 0.4) is 0 Å². The van der Waals surface area contributed by atoms with E-state index in [4.69, 9.17) is 4.74 Å². The van der Waals surface area contributed by atoms with Gasteiger partial charge < -0.3 is 9.72 Å². The van der Waals surface area contributed by atoms with Gasteiger partial charge in [-0.2, -0.15) is 0 Å². The number of nitrogens with one attached hydrogen (secondary N) is 1. The maximum Gasteiger partial charge on any atom is 0.337 e. The van der Waals surface area contributed by atoms with Crippen molar-refractivity contribution in [3.8, 4) is 11.4 Å². The van der Waals surface area contributed by atoms with Gasteiger partial charge in [0, 0.05) is 12.6 Å². The van der Waals surface area contributed by atoms with Crippen molar-refractivity contribution in [1.82, 2.24) is 19.1 Å². The number of aromatic amines is 1. The third-order valence-corrected chi connectivity index (χ3v) is 3.47. The van der Waals surface area contributed by atoms with Crippen molar-refractivity contribution in [2.24, 2.45) is 0 Å². The van der Waals surface area contributed by atoms with Crippen LogP contribution in [0.2, 0.25) is 0 Å². The van der Waals surface area contributed by atoms with Gasteiger partial charge in [-0.3, -0.25) is 9.36 Å². The molecule has 2 aromatic heterocycles. The van der Waals surface area contributed by atoms with Gasteiger partial charge in [-0.15, -0.1) is 0 Å². The van der Waals surface area contributed by atoms with Crippen LogP contribution in [0.4, 0.5) is 0 Å². The first-order chi connectivity index (χ1) is 10.7. The molecule has 2 heterocycles. The number of H-pyrrole nitrogens is 1. The zero-order chi connectivity index (χ0) is 15.7. The molecule has 0 bridgehead atoms. The number of ether oxygens (including phenoxy) is 1. The van der Waals surface area contributed by atoms with Crippen molar-refractivity contribution in [1.29, 1.82) is 0 Å². The quantitative estimate of drug-likeness (QED) is 0.787. The number of rotatable bonds is 4. The topological polar surface area (TPSA) is 81.9 Å². The van der Waals surface area contributed by atoms with Crippen LogP contribution in [0, 0.1) is 0 Å². The van der Waals surface area contributed by atoms with Crippen molar-refractivity contribution in [2.75, 3.05) is 7.11 Å². The molecule has 0 unspecified atom stereocenters. The lowest BCUT2D eigenvalue weighted by Crippen LogP contribution is -2.39. The van der Waals surface area contributed by atoms with Gasteiger partial charge in [-0.25, -0.2) is 14.3 Å². The Kier molecular flexibility index (Phi) is 3.54. The summed E-state index contributed by atoms with van der Waals surface area (Å²) in [4.78, 5) is 32.0. The Labute approximate surface area is 125 Å². The number of imidazole rings is 1. The molecule has 22 heavy (non-hydrogen) atoms. The highest BCUT2D eigenvalue weighted by atomic mass is 16.5. The highest BCUT2D eigenvalue weighted by molar-refractivity contribution is 5.71. The largest absolute Gasteiger partial charge is 0.497 e. The number of hydrogen-bond donors (Lipinski definition) is 1. The average Bonchev–Trinajstić information content (AvgIpc) is 3.01. The van der Waals surface area contributed by atoms with E-state index in [1.165, 1.54) is 15.5 Å². The van der Waals surface area contributed by atoms with Gasteiger partial charge in [0.2, 0.25) is 0 Å². The molecule has 114 valence electrons. The molecular weight excluding hydrogens is 284 g/mol. The van der Waals surface area contributed by atoms with Crippen molar-refractivity contribution in [3.05, 3.63) is 51.4 Å². The SMILES string of the molecule is CCCn1c(=O)c2[nH]cnc2n(-c2cccc(OC)c2)c1=O. The van der Waals surface area contributed by atoms with Gasteiger partial charge in [-0.1, -0.05) is 13.0 Å². The Morgan fingerprint density at radius 1 is 1.32 bits per heavy atom. The number of hydrogen-bond acceptors (Lipinski definition) is 4. The number of nitrogens with zero attached hydrogens (tertiary/aromatic N) is 3. The third kappa shape index (κ3) is 2.11. The molecule has 0 spiro atoms. The maximum atomic E-state index is 12.7. The molecule has 0 atom stereocenters. The van der Waals surface area contributed by atoms with E-state index in [2.05, 4.69) is 9.97 Å². The first-order valence-electron chi connectivity index (χ1n) is 7.00. The van der Waals surface area contributed by atoms with Gasteiger partial charge in [0.05, 0.1) is 19.1 Å². The fraction of sp³-hybridized carbons (Fsp3) is 0.267. The second kappa shape index (κ2) is 5.51. The lowest BCUT2D eigenvalue weighted by molar-refractivity contribution is 0.414. The predicted molar refractivity (Wildman–Crippen MR) is 82.8 cm³/mol. The molecular formula is C15H16N4O3. The summed E-state index contributed by atoms with van der Waals surface area (Å²) < 4.78 is 7.84. The molecule has 3 rings (SSSR count). The monoisotopic (exact) mass is 300 g/mol. The van der Waals surface area contributed by atoms with Crippen LogP contribution in [0.15, 0.2) is 40.2 Å². The first-order valence-corrected chi connectivity index (χ1v) is 7.00. The molecule has 0 aliphatic carbocycles. The Morgan fingerprint density at radius 2 is 2.14 bits per heavy atom. The highest BCUT2D eigenvalue weighted by Crippen LogP contribution is 2.17. The zero-order valence-corrected chi connectivity index (χ0v) is 12.4. The lowest BCUT2D eigenvalue weighted by Gasteiger charge is -2.11. The van der Waals surface area contributed by atoms with Crippen LogP contribution in [0.1, 0.15) is 13.3 Å². The Morgan fingerprint density at radius 3 is 2.86 bits per heavy atom. The van der Waals surface area contributed by atoms with Crippen molar-refractivity contribution < 1.29 is 4.74 Å². The van der Waals surface area contributed by atoms with Gasteiger partial charge in [-0.05, 0) is 18.6 Å².